The van der Waals surface area contributed by atoms with Gasteiger partial charge in [-0.15, -0.1) is 0 Å². The number of nitro benzene ring substituents is 2. The topological polar surface area (TPSA) is 105 Å². The van der Waals surface area contributed by atoms with Gasteiger partial charge in [0.05, 0.1) is 9.85 Å². The van der Waals surface area contributed by atoms with Gasteiger partial charge in [0, 0.05) is 6.07 Å². The van der Waals surface area contributed by atoms with Gasteiger partial charge >= 0.3 is 11.4 Å². The average Bonchev–Trinajstić information content (AvgIpc) is 2.63. The molecule has 3 aromatic rings. The predicted octanol–water partition coefficient (Wildman–Crippen LogP) is 5.09. The SMILES string of the molecule is O=[N+]([O-])c1cc([N+](=O)[O-])c(Oc2ccccc2)cc1Oc1ccccc1. The van der Waals surface area contributed by atoms with Crippen molar-refractivity contribution in [1.82, 2.24) is 0 Å². The van der Waals surface area contributed by atoms with E-state index in [2.05, 4.69) is 0 Å². The van der Waals surface area contributed by atoms with Gasteiger partial charge in [-0.2, -0.15) is 0 Å². The zero-order valence-corrected chi connectivity index (χ0v) is 13.3. The van der Waals surface area contributed by atoms with E-state index in [1.165, 1.54) is 0 Å². The maximum atomic E-state index is 11.3. The van der Waals surface area contributed by atoms with Crippen molar-refractivity contribution in [2.75, 3.05) is 0 Å². The molecule has 0 spiro atoms. The standard InChI is InChI=1S/C18H12N2O6/c21-19(22)15-11-16(20(23)24)18(26-14-9-5-2-6-10-14)12-17(15)25-13-7-3-1-4-8-13/h1-12H. The molecule has 0 fully saturated rings. The summed E-state index contributed by atoms with van der Waals surface area (Å²) >= 11 is 0. The van der Waals surface area contributed by atoms with Crippen LogP contribution in [-0.2, 0) is 0 Å². The first kappa shape index (κ1) is 16.9. The fraction of sp³-hybridized carbons (Fsp3) is 0. The van der Waals surface area contributed by atoms with Gasteiger partial charge < -0.3 is 9.47 Å². The lowest BCUT2D eigenvalue weighted by Crippen LogP contribution is -1.99. The number of rotatable bonds is 6. The summed E-state index contributed by atoms with van der Waals surface area (Å²) in [7, 11) is 0. The van der Waals surface area contributed by atoms with Crippen LogP contribution in [0.2, 0.25) is 0 Å². The van der Waals surface area contributed by atoms with Crippen molar-refractivity contribution >= 4 is 11.4 Å². The van der Waals surface area contributed by atoms with E-state index in [-0.39, 0.29) is 11.5 Å². The Morgan fingerprint density at radius 3 is 1.35 bits per heavy atom. The van der Waals surface area contributed by atoms with Crippen LogP contribution in [0.3, 0.4) is 0 Å². The summed E-state index contributed by atoms with van der Waals surface area (Å²) in [5.74, 6) is 0.403. The molecule has 0 atom stereocenters. The molecule has 0 aliphatic rings. The van der Waals surface area contributed by atoms with Gasteiger partial charge in [-0.1, -0.05) is 36.4 Å². The molecule has 3 rings (SSSR count). The minimum absolute atomic E-state index is 0.155. The van der Waals surface area contributed by atoms with Gasteiger partial charge in [-0.05, 0) is 24.3 Å². The Hall–Kier alpha value is -3.94. The summed E-state index contributed by atoms with van der Waals surface area (Å²) in [6, 6.07) is 18.8. The highest BCUT2D eigenvalue weighted by Crippen LogP contribution is 2.42. The molecule has 0 bridgehead atoms. The Kier molecular flexibility index (Phi) is 4.75. The van der Waals surface area contributed by atoms with E-state index < -0.39 is 21.2 Å². The molecule has 0 saturated carbocycles. The van der Waals surface area contributed by atoms with Gasteiger partial charge in [0.25, 0.3) is 0 Å². The second-order valence-corrected chi connectivity index (χ2v) is 5.13. The van der Waals surface area contributed by atoms with E-state index >= 15 is 0 Å². The van der Waals surface area contributed by atoms with Crippen molar-refractivity contribution in [2.45, 2.75) is 0 Å². The van der Waals surface area contributed by atoms with Gasteiger partial charge in [0.2, 0.25) is 11.5 Å². The summed E-state index contributed by atoms with van der Waals surface area (Å²) in [5, 5.41) is 22.6. The maximum absolute atomic E-state index is 11.3. The Morgan fingerprint density at radius 2 is 1.00 bits per heavy atom. The number of nitro groups is 2. The molecule has 26 heavy (non-hydrogen) atoms. The highest BCUT2D eigenvalue weighted by molar-refractivity contribution is 5.63. The quantitative estimate of drug-likeness (QED) is 0.452. The summed E-state index contributed by atoms with van der Waals surface area (Å²) < 4.78 is 11.1. The van der Waals surface area contributed by atoms with Crippen molar-refractivity contribution in [3.63, 3.8) is 0 Å². The lowest BCUT2D eigenvalue weighted by atomic mass is 10.2. The van der Waals surface area contributed by atoms with Gasteiger partial charge in [0.15, 0.2) is 0 Å². The fourth-order valence-electron chi connectivity index (χ4n) is 2.22. The number of nitrogens with zero attached hydrogens (tertiary/aromatic N) is 2. The predicted molar refractivity (Wildman–Crippen MR) is 92.8 cm³/mol. The smallest absolute Gasteiger partial charge is 0.318 e. The molecule has 8 nitrogen and oxygen atoms in total. The average molecular weight is 352 g/mol. The van der Waals surface area contributed by atoms with Crippen LogP contribution in [0, 0.1) is 20.2 Å². The lowest BCUT2D eigenvalue weighted by Gasteiger charge is -2.10. The highest BCUT2D eigenvalue weighted by atomic mass is 16.6. The molecule has 0 N–H and O–H groups in total. The number of benzene rings is 3. The van der Waals surface area contributed by atoms with Crippen LogP contribution in [0.15, 0.2) is 72.8 Å². The number of ether oxygens (including phenoxy) is 2. The van der Waals surface area contributed by atoms with E-state index in [9.17, 15) is 20.2 Å². The molecule has 0 saturated heterocycles. The Labute approximate surface area is 147 Å². The number of hydrogen-bond acceptors (Lipinski definition) is 6. The molecule has 0 aliphatic carbocycles. The minimum Gasteiger partial charge on any atom is -0.450 e. The summed E-state index contributed by atoms with van der Waals surface area (Å²) in [6.45, 7) is 0. The maximum Gasteiger partial charge on any atom is 0.318 e. The summed E-state index contributed by atoms with van der Waals surface area (Å²) in [4.78, 5) is 21.2. The van der Waals surface area contributed by atoms with Crippen molar-refractivity contribution in [3.05, 3.63) is 93.0 Å². The second kappa shape index (κ2) is 7.31. The van der Waals surface area contributed by atoms with Gasteiger partial charge in [0.1, 0.15) is 17.6 Å². The van der Waals surface area contributed by atoms with E-state index in [0.717, 1.165) is 12.1 Å². The van der Waals surface area contributed by atoms with Gasteiger partial charge in [-0.3, -0.25) is 20.2 Å². The van der Waals surface area contributed by atoms with E-state index in [1.54, 1.807) is 60.7 Å². The number of hydrogen-bond donors (Lipinski definition) is 0. The van der Waals surface area contributed by atoms with Crippen LogP contribution in [0.25, 0.3) is 0 Å². The third-order valence-corrected chi connectivity index (χ3v) is 3.38. The molecule has 0 radical (unpaired) electrons. The van der Waals surface area contributed by atoms with E-state index in [0.29, 0.717) is 11.5 Å². The van der Waals surface area contributed by atoms with Crippen molar-refractivity contribution in [1.29, 1.82) is 0 Å². The Morgan fingerprint density at radius 1 is 0.615 bits per heavy atom. The Bertz CT molecular complexity index is 870. The molecule has 0 amide bonds. The molecule has 0 aromatic heterocycles. The molecular formula is C18H12N2O6. The highest BCUT2D eigenvalue weighted by Gasteiger charge is 2.27. The zero-order valence-electron chi connectivity index (χ0n) is 13.3. The van der Waals surface area contributed by atoms with Crippen LogP contribution in [0.4, 0.5) is 11.4 Å². The molecule has 3 aromatic carbocycles. The second-order valence-electron chi connectivity index (χ2n) is 5.13. The molecule has 130 valence electrons. The van der Waals surface area contributed by atoms with Crippen LogP contribution in [0.5, 0.6) is 23.0 Å². The van der Waals surface area contributed by atoms with Crippen molar-refractivity contribution in [3.8, 4) is 23.0 Å². The monoisotopic (exact) mass is 352 g/mol. The van der Waals surface area contributed by atoms with Crippen LogP contribution < -0.4 is 9.47 Å². The van der Waals surface area contributed by atoms with Crippen LogP contribution in [-0.4, -0.2) is 9.85 Å². The molecule has 0 heterocycles. The molecular weight excluding hydrogens is 340 g/mol. The van der Waals surface area contributed by atoms with Crippen LogP contribution in [0.1, 0.15) is 0 Å². The first-order valence-corrected chi connectivity index (χ1v) is 7.47. The van der Waals surface area contributed by atoms with Gasteiger partial charge in [-0.25, -0.2) is 0 Å². The molecule has 8 heteroatoms. The largest absolute Gasteiger partial charge is 0.450 e. The van der Waals surface area contributed by atoms with Crippen molar-refractivity contribution in [2.24, 2.45) is 0 Å². The summed E-state index contributed by atoms with van der Waals surface area (Å²) in [6.07, 6.45) is 0. The number of para-hydroxylation sites is 2. The minimum atomic E-state index is -0.739. The summed E-state index contributed by atoms with van der Waals surface area (Å²) in [5.41, 5.74) is -1.05. The van der Waals surface area contributed by atoms with Crippen LogP contribution >= 0.6 is 0 Å². The van der Waals surface area contributed by atoms with Crippen molar-refractivity contribution < 1.29 is 19.3 Å². The first-order chi connectivity index (χ1) is 12.5. The first-order valence-electron chi connectivity index (χ1n) is 7.47. The third kappa shape index (κ3) is 3.75. The lowest BCUT2D eigenvalue weighted by molar-refractivity contribution is -0.395. The molecule has 0 unspecified atom stereocenters. The van der Waals surface area contributed by atoms with E-state index in [1.807, 2.05) is 0 Å². The third-order valence-electron chi connectivity index (χ3n) is 3.38. The fourth-order valence-corrected chi connectivity index (χ4v) is 2.22. The molecule has 0 aliphatic heterocycles. The zero-order chi connectivity index (χ0) is 18.5. The Balaban J connectivity index is 2.08. The van der Waals surface area contributed by atoms with E-state index in [4.69, 9.17) is 9.47 Å². The normalized spacial score (nSPS) is 10.2.